The Morgan fingerprint density at radius 2 is 1.33 bits per heavy atom. The Bertz CT molecular complexity index is 2360. The molecule has 8 rings (SSSR count). The molecule has 2 aliphatic rings. The van der Waals surface area contributed by atoms with E-state index in [1.54, 1.807) is 6.92 Å². The first-order valence-corrected chi connectivity index (χ1v) is 22.8. The van der Waals surface area contributed by atoms with Crippen LogP contribution in [-0.2, 0) is 24.0 Å². The molecule has 0 bridgehead atoms. The maximum absolute atomic E-state index is 15.1. The summed E-state index contributed by atoms with van der Waals surface area (Å²) < 4.78 is 10.7. The van der Waals surface area contributed by atoms with E-state index in [0.717, 1.165) is 44.1 Å². The fourth-order valence-corrected chi connectivity index (χ4v) is 13.7. The van der Waals surface area contributed by atoms with Crippen LogP contribution < -0.4 is 39.4 Å². The minimum atomic E-state index is -2.52. The number of thioether (sulfide) groups is 1. The first-order valence-electron chi connectivity index (χ1n) is 19.0. The molecule has 1 saturated heterocycles. The average molecular weight is 875 g/mol. The molecule has 5 aromatic carbocycles. The second kappa shape index (κ2) is 19.0. The average Bonchev–Trinajstić information content (AvgIpc) is 3.73. The van der Waals surface area contributed by atoms with E-state index in [4.69, 9.17) is 15.3 Å². The third-order valence-corrected chi connectivity index (χ3v) is 16.4. The van der Waals surface area contributed by atoms with Gasteiger partial charge in [-0.05, 0) is 54.4 Å². The number of nitrogen functional groups attached to an aromatic ring is 1. The fourth-order valence-electron chi connectivity index (χ4n) is 7.45. The van der Waals surface area contributed by atoms with Crippen molar-refractivity contribution in [2.24, 2.45) is 5.16 Å². The molecule has 2 atom stereocenters. The Morgan fingerprint density at radius 1 is 0.833 bits per heavy atom. The van der Waals surface area contributed by atoms with Crippen LogP contribution in [0.4, 0.5) is 5.13 Å². The quantitative estimate of drug-likeness (QED) is 0.0555. The molecule has 3 N–H and O–H groups in total. The first kappa shape index (κ1) is 42.3. The molecule has 11 nitrogen and oxygen atoms in total. The summed E-state index contributed by atoms with van der Waals surface area (Å²) in [5.41, 5.74) is 8.15. The number of fused-ring (bicyclic) bond motifs is 1. The maximum Gasteiger partial charge on any atom is 0.356 e. The summed E-state index contributed by atoms with van der Waals surface area (Å²) in [6.07, 6.45) is -0.301. The minimum absolute atomic E-state index is 0. The van der Waals surface area contributed by atoms with Gasteiger partial charge in [0.05, 0.1) is 6.16 Å². The number of benzene rings is 5. The summed E-state index contributed by atoms with van der Waals surface area (Å²) in [5, 5.41) is 9.71. The van der Waals surface area contributed by atoms with Crippen LogP contribution in [0.5, 0.6) is 0 Å². The number of carbonyl (C=O) groups excluding carboxylic acids is 3. The number of hydrogen-bond acceptors (Lipinski definition) is 11. The van der Waals surface area contributed by atoms with Gasteiger partial charge in [0, 0.05) is 22.9 Å². The highest BCUT2D eigenvalue weighted by Gasteiger charge is 2.57. The molecule has 304 valence electrons. The molecule has 2 amide bonds. The lowest BCUT2D eigenvalue weighted by molar-refractivity contribution is -0.154. The number of nitrogens with one attached hydrogen (secondary N) is 1. The standard InChI is InChI=1S/C45H39N6O5PS2.ClH/c1-2-55-49-36(40-48-45(46)59-50-40)41(52)47-37-42(53)51-38(44(54)56-39(30-18-8-3-9-19-30)31-20-10-4-11-21-31)32(29-58-43(37)51)28-57(33-22-12-5-13-23-33,34-24-14-6-15-25-34)35-26-16-7-17-27-35;/h3-27,37,39,43H,2,28-29H2,1H3,(H2-,46,47,48,50,52);1H/t37?,43-;/m0./s1. The Morgan fingerprint density at radius 3 is 1.80 bits per heavy atom. The van der Waals surface area contributed by atoms with Crippen molar-refractivity contribution in [3.05, 3.63) is 180 Å². The van der Waals surface area contributed by atoms with Gasteiger partial charge in [-0.15, -0.1) is 11.8 Å². The van der Waals surface area contributed by atoms with Gasteiger partial charge in [-0.25, -0.2) is 4.79 Å². The van der Waals surface area contributed by atoms with Crippen molar-refractivity contribution >= 4 is 75.1 Å². The van der Waals surface area contributed by atoms with Gasteiger partial charge in [-0.1, -0.05) is 120 Å². The number of nitrogens with zero attached hydrogens (tertiary/aromatic N) is 4. The molecular formula is C45H40ClN6O5PS2. The van der Waals surface area contributed by atoms with Crippen molar-refractivity contribution in [1.29, 1.82) is 0 Å². The van der Waals surface area contributed by atoms with Crippen LogP contribution in [0, 0.1) is 0 Å². The normalized spacial score (nSPS) is 16.3. The van der Waals surface area contributed by atoms with Crippen LogP contribution in [0.3, 0.4) is 0 Å². The highest BCUT2D eigenvalue weighted by atomic mass is 35.5. The molecule has 0 saturated carbocycles. The number of halogens is 1. The number of anilines is 1. The highest BCUT2D eigenvalue weighted by molar-refractivity contribution is 8.00. The lowest BCUT2D eigenvalue weighted by Gasteiger charge is -2.50. The summed E-state index contributed by atoms with van der Waals surface area (Å²) in [6, 6.07) is 49.3. The molecule has 3 heterocycles. The van der Waals surface area contributed by atoms with Crippen LogP contribution in [0.15, 0.2) is 168 Å². The molecule has 15 heteroatoms. The van der Waals surface area contributed by atoms with Crippen molar-refractivity contribution in [1.82, 2.24) is 19.6 Å². The van der Waals surface area contributed by atoms with Gasteiger partial charge in [0.2, 0.25) is 11.5 Å². The van der Waals surface area contributed by atoms with Crippen molar-refractivity contribution in [3.8, 4) is 0 Å². The van der Waals surface area contributed by atoms with E-state index in [2.05, 4.69) is 56.2 Å². The predicted octanol–water partition coefficient (Wildman–Crippen LogP) is 2.85. The predicted molar refractivity (Wildman–Crippen MR) is 235 cm³/mol. The number of ether oxygens (including phenoxy) is 1. The molecule has 60 heavy (non-hydrogen) atoms. The Balaban J connectivity index is 0.00000544. The van der Waals surface area contributed by atoms with Crippen LogP contribution >= 0.6 is 30.6 Å². The fraction of sp³-hybridized carbons (Fsp3) is 0.156. The van der Waals surface area contributed by atoms with Gasteiger partial charge in [0.15, 0.2) is 11.2 Å². The largest absolute Gasteiger partial charge is 1.00 e. The van der Waals surface area contributed by atoms with Gasteiger partial charge in [-0.2, -0.15) is 9.36 Å². The molecule has 1 fully saturated rings. The van der Waals surface area contributed by atoms with Gasteiger partial charge in [0.25, 0.3) is 11.8 Å². The number of rotatable bonds is 14. The first-order chi connectivity index (χ1) is 28.9. The van der Waals surface area contributed by atoms with Gasteiger partial charge < -0.3 is 33.0 Å². The topological polar surface area (TPSA) is 149 Å². The number of nitrogens with two attached hydrogens (primary N) is 1. The van der Waals surface area contributed by atoms with Gasteiger partial charge >= 0.3 is 5.97 Å². The SMILES string of the molecule is CCON=C(C(=O)NC1C(=O)N2C(C(=O)OC(c3ccccc3)c3ccccc3)=C(C[P+](c3ccccc3)(c3ccccc3)c3ccccc3)CS[C@@H]12)c1nsc(N)n1.[Cl-]. The van der Waals surface area contributed by atoms with Crippen LogP contribution in [0.1, 0.15) is 30.0 Å². The van der Waals surface area contributed by atoms with Gasteiger partial charge in [0.1, 0.15) is 46.9 Å². The zero-order chi connectivity index (χ0) is 40.8. The Hall–Kier alpha value is -5.85. The summed E-state index contributed by atoms with van der Waals surface area (Å²) in [5.74, 6) is -1.41. The lowest BCUT2D eigenvalue weighted by Crippen LogP contribution is -3.00. The number of carbonyl (C=O) groups is 3. The number of oxime groups is 1. The monoisotopic (exact) mass is 874 g/mol. The van der Waals surface area contributed by atoms with E-state index in [9.17, 15) is 9.59 Å². The zero-order valence-corrected chi connectivity index (χ0v) is 35.6. The number of aromatic nitrogens is 2. The third kappa shape index (κ3) is 8.44. The van der Waals surface area contributed by atoms with E-state index in [1.165, 1.54) is 16.7 Å². The van der Waals surface area contributed by atoms with Crippen molar-refractivity contribution in [3.63, 3.8) is 0 Å². The maximum atomic E-state index is 15.1. The highest BCUT2D eigenvalue weighted by Crippen LogP contribution is 2.58. The van der Waals surface area contributed by atoms with E-state index in [-0.39, 0.29) is 41.4 Å². The van der Waals surface area contributed by atoms with E-state index < -0.39 is 42.6 Å². The molecule has 1 aromatic heterocycles. The van der Waals surface area contributed by atoms with Crippen LogP contribution in [-0.4, -0.2) is 67.7 Å². The van der Waals surface area contributed by atoms with Crippen LogP contribution in [0.25, 0.3) is 0 Å². The van der Waals surface area contributed by atoms with Crippen molar-refractivity contribution in [2.75, 3.05) is 24.3 Å². The van der Waals surface area contributed by atoms with Gasteiger partial charge in [-0.3, -0.25) is 14.5 Å². The van der Waals surface area contributed by atoms with E-state index >= 15 is 4.79 Å². The summed E-state index contributed by atoms with van der Waals surface area (Å²) in [6.45, 7) is 1.92. The number of esters is 1. The van der Waals surface area contributed by atoms with Crippen molar-refractivity contribution in [2.45, 2.75) is 24.4 Å². The molecule has 6 aromatic rings. The summed E-state index contributed by atoms with van der Waals surface area (Å²) in [4.78, 5) is 54.2. The van der Waals surface area contributed by atoms with E-state index in [1.807, 2.05) is 115 Å². The second-order valence-electron chi connectivity index (χ2n) is 13.7. The molecular weight excluding hydrogens is 835 g/mol. The number of β-lactam (4-membered cyclic amide) rings is 1. The van der Waals surface area contributed by atoms with E-state index in [0.29, 0.717) is 11.9 Å². The lowest BCUT2D eigenvalue weighted by atomic mass is 10.0. The summed E-state index contributed by atoms with van der Waals surface area (Å²) in [7, 11) is -2.52. The molecule has 0 radical (unpaired) electrons. The number of amides is 2. The minimum Gasteiger partial charge on any atom is -1.00 e. The Kier molecular flexibility index (Phi) is 13.4. The molecule has 0 spiro atoms. The number of hydrogen-bond donors (Lipinski definition) is 2. The zero-order valence-electron chi connectivity index (χ0n) is 32.3. The van der Waals surface area contributed by atoms with Crippen molar-refractivity contribution < 1.29 is 36.4 Å². The second-order valence-corrected chi connectivity index (χ2v) is 19.1. The molecule has 1 unspecified atom stereocenters. The third-order valence-electron chi connectivity index (χ3n) is 10.1. The summed E-state index contributed by atoms with van der Waals surface area (Å²) >= 11 is 2.40. The smallest absolute Gasteiger partial charge is 0.356 e. The van der Waals surface area contributed by atoms with Crippen LogP contribution in [0.2, 0.25) is 0 Å². The molecule has 2 aliphatic heterocycles. The Labute approximate surface area is 363 Å². The molecule has 0 aliphatic carbocycles.